The molecule has 0 unspecified atom stereocenters. The van der Waals surface area contributed by atoms with E-state index in [0.717, 1.165) is 10.0 Å². The SMILES string of the molecule is CCOc1c(Br)cc(/C=N/NC)cc1OC. The van der Waals surface area contributed by atoms with Crippen LogP contribution in [-0.2, 0) is 0 Å². The molecule has 0 radical (unpaired) electrons. The van der Waals surface area contributed by atoms with Gasteiger partial charge in [0, 0.05) is 7.05 Å². The molecular weight excluding hydrogens is 272 g/mol. The minimum absolute atomic E-state index is 0.596. The second-order valence-electron chi connectivity index (χ2n) is 2.95. The molecule has 16 heavy (non-hydrogen) atoms. The van der Waals surface area contributed by atoms with Crippen molar-refractivity contribution in [3.05, 3.63) is 22.2 Å². The third kappa shape index (κ3) is 3.13. The number of methoxy groups -OCH3 is 1. The molecule has 1 rings (SSSR count). The van der Waals surface area contributed by atoms with E-state index >= 15 is 0 Å². The first-order chi connectivity index (χ1) is 7.72. The van der Waals surface area contributed by atoms with Crippen LogP contribution in [0.25, 0.3) is 0 Å². The van der Waals surface area contributed by atoms with Crippen LogP contribution in [0.5, 0.6) is 11.5 Å². The van der Waals surface area contributed by atoms with E-state index in [2.05, 4.69) is 26.5 Å². The van der Waals surface area contributed by atoms with Crippen molar-refractivity contribution in [2.24, 2.45) is 5.10 Å². The molecule has 1 aromatic rings. The summed E-state index contributed by atoms with van der Waals surface area (Å²) in [5.41, 5.74) is 3.63. The van der Waals surface area contributed by atoms with Crippen molar-refractivity contribution in [3.63, 3.8) is 0 Å². The van der Waals surface area contributed by atoms with Gasteiger partial charge in [-0.25, -0.2) is 0 Å². The average molecular weight is 287 g/mol. The van der Waals surface area contributed by atoms with Crippen LogP contribution in [0.15, 0.2) is 21.7 Å². The van der Waals surface area contributed by atoms with E-state index in [9.17, 15) is 0 Å². The number of rotatable bonds is 5. The maximum Gasteiger partial charge on any atom is 0.175 e. The smallest absolute Gasteiger partial charge is 0.175 e. The van der Waals surface area contributed by atoms with Gasteiger partial charge in [-0.3, -0.25) is 0 Å². The highest BCUT2D eigenvalue weighted by Crippen LogP contribution is 2.36. The summed E-state index contributed by atoms with van der Waals surface area (Å²) in [6, 6.07) is 3.80. The monoisotopic (exact) mass is 286 g/mol. The molecule has 0 saturated carbocycles. The summed E-state index contributed by atoms with van der Waals surface area (Å²) in [7, 11) is 3.36. The van der Waals surface area contributed by atoms with Crippen LogP contribution in [-0.4, -0.2) is 27.0 Å². The lowest BCUT2D eigenvalue weighted by atomic mass is 10.2. The van der Waals surface area contributed by atoms with Crippen molar-refractivity contribution in [3.8, 4) is 11.5 Å². The van der Waals surface area contributed by atoms with E-state index < -0.39 is 0 Å². The number of nitrogens with one attached hydrogen (secondary N) is 1. The second-order valence-corrected chi connectivity index (χ2v) is 3.80. The lowest BCUT2D eigenvalue weighted by Crippen LogP contribution is -1.99. The lowest BCUT2D eigenvalue weighted by Gasteiger charge is -2.11. The molecule has 0 atom stereocenters. The number of nitrogens with zero attached hydrogens (tertiary/aromatic N) is 1. The van der Waals surface area contributed by atoms with E-state index in [-0.39, 0.29) is 0 Å². The van der Waals surface area contributed by atoms with Gasteiger partial charge in [0.15, 0.2) is 11.5 Å². The maximum absolute atomic E-state index is 5.49. The first-order valence-electron chi connectivity index (χ1n) is 4.93. The maximum atomic E-state index is 5.49. The molecule has 88 valence electrons. The van der Waals surface area contributed by atoms with Gasteiger partial charge in [0.1, 0.15) is 0 Å². The summed E-state index contributed by atoms with van der Waals surface area (Å²) in [6.45, 7) is 2.53. The predicted molar refractivity (Wildman–Crippen MR) is 68.5 cm³/mol. The van der Waals surface area contributed by atoms with Crippen LogP contribution < -0.4 is 14.9 Å². The number of hydrazone groups is 1. The normalized spacial score (nSPS) is 10.5. The number of hydrogen-bond acceptors (Lipinski definition) is 4. The highest BCUT2D eigenvalue weighted by Gasteiger charge is 2.10. The van der Waals surface area contributed by atoms with Crippen molar-refractivity contribution < 1.29 is 9.47 Å². The Morgan fingerprint density at radius 2 is 2.25 bits per heavy atom. The van der Waals surface area contributed by atoms with Gasteiger partial charge in [0.25, 0.3) is 0 Å². The molecule has 0 amide bonds. The molecule has 0 saturated heterocycles. The van der Waals surface area contributed by atoms with Gasteiger partial charge < -0.3 is 14.9 Å². The van der Waals surface area contributed by atoms with Crippen LogP contribution in [0.4, 0.5) is 0 Å². The Hall–Kier alpha value is -1.23. The van der Waals surface area contributed by atoms with Crippen molar-refractivity contribution in [1.29, 1.82) is 0 Å². The molecule has 0 heterocycles. The Morgan fingerprint density at radius 3 is 2.81 bits per heavy atom. The molecule has 0 fully saturated rings. The molecule has 1 N–H and O–H groups in total. The van der Waals surface area contributed by atoms with Crippen LogP contribution in [0.2, 0.25) is 0 Å². The summed E-state index contributed by atoms with van der Waals surface area (Å²) in [4.78, 5) is 0. The van der Waals surface area contributed by atoms with Crippen molar-refractivity contribution in [1.82, 2.24) is 5.43 Å². The van der Waals surface area contributed by atoms with E-state index in [1.165, 1.54) is 0 Å². The zero-order chi connectivity index (χ0) is 12.0. The summed E-state index contributed by atoms with van der Waals surface area (Å²) in [5, 5.41) is 3.94. The lowest BCUT2D eigenvalue weighted by molar-refractivity contribution is 0.309. The molecule has 0 aromatic heterocycles. The third-order valence-corrected chi connectivity index (χ3v) is 2.47. The minimum atomic E-state index is 0.596. The quantitative estimate of drug-likeness (QED) is 0.668. The summed E-state index contributed by atoms with van der Waals surface area (Å²) < 4.78 is 11.6. The topological polar surface area (TPSA) is 42.8 Å². The minimum Gasteiger partial charge on any atom is -0.493 e. The Bertz CT molecular complexity index is 380. The summed E-state index contributed by atoms with van der Waals surface area (Å²) in [5.74, 6) is 1.40. The molecule has 1 aromatic carbocycles. The van der Waals surface area contributed by atoms with E-state index in [1.54, 1.807) is 20.4 Å². The van der Waals surface area contributed by atoms with Crippen LogP contribution >= 0.6 is 15.9 Å². The van der Waals surface area contributed by atoms with Gasteiger partial charge in [0.2, 0.25) is 0 Å². The Balaban J connectivity index is 3.10. The van der Waals surface area contributed by atoms with Gasteiger partial charge in [-0.2, -0.15) is 5.10 Å². The average Bonchev–Trinajstić information content (AvgIpc) is 2.29. The molecule has 0 bridgehead atoms. The number of halogens is 1. The largest absolute Gasteiger partial charge is 0.493 e. The molecular formula is C11H15BrN2O2. The van der Waals surface area contributed by atoms with Crippen molar-refractivity contribution in [2.75, 3.05) is 20.8 Å². The highest BCUT2D eigenvalue weighted by molar-refractivity contribution is 9.10. The van der Waals surface area contributed by atoms with Crippen LogP contribution in [0, 0.1) is 0 Å². The van der Waals surface area contributed by atoms with E-state index in [1.807, 2.05) is 19.1 Å². The van der Waals surface area contributed by atoms with Crippen molar-refractivity contribution >= 4 is 22.1 Å². The predicted octanol–water partition coefficient (Wildman–Crippen LogP) is 2.41. The Kier molecular flexibility index (Phi) is 5.11. The van der Waals surface area contributed by atoms with Crippen molar-refractivity contribution in [2.45, 2.75) is 6.92 Å². The summed E-state index contributed by atoms with van der Waals surface area (Å²) >= 11 is 3.44. The van der Waals surface area contributed by atoms with Crippen LogP contribution in [0.3, 0.4) is 0 Å². The van der Waals surface area contributed by atoms with Gasteiger partial charge in [-0.1, -0.05) is 0 Å². The van der Waals surface area contributed by atoms with Gasteiger partial charge in [-0.05, 0) is 40.5 Å². The standard InChI is InChI=1S/C11H15BrN2O2/c1-4-16-11-9(12)5-8(7-14-13-2)6-10(11)15-3/h5-7,13H,4H2,1-3H3/b14-7+. The highest BCUT2D eigenvalue weighted by atomic mass is 79.9. The number of hydrogen-bond donors (Lipinski definition) is 1. The fourth-order valence-corrected chi connectivity index (χ4v) is 1.81. The molecule has 0 aliphatic heterocycles. The number of ether oxygens (including phenoxy) is 2. The summed E-state index contributed by atoms with van der Waals surface area (Å²) in [6.07, 6.45) is 1.71. The third-order valence-electron chi connectivity index (χ3n) is 1.88. The van der Waals surface area contributed by atoms with Crippen LogP contribution in [0.1, 0.15) is 12.5 Å². The molecule has 4 nitrogen and oxygen atoms in total. The fourth-order valence-electron chi connectivity index (χ4n) is 1.24. The van der Waals surface area contributed by atoms with Gasteiger partial charge >= 0.3 is 0 Å². The molecule has 0 aliphatic carbocycles. The molecule has 5 heteroatoms. The first kappa shape index (κ1) is 12.8. The van der Waals surface area contributed by atoms with E-state index in [4.69, 9.17) is 9.47 Å². The first-order valence-corrected chi connectivity index (χ1v) is 5.72. The zero-order valence-electron chi connectivity index (χ0n) is 9.58. The number of benzene rings is 1. The van der Waals surface area contributed by atoms with E-state index in [0.29, 0.717) is 18.1 Å². The van der Waals surface area contributed by atoms with Gasteiger partial charge in [0.05, 0.1) is 24.4 Å². The zero-order valence-corrected chi connectivity index (χ0v) is 11.2. The fraction of sp³-hybridized carbons (Fsp3) is 0.364. The Morgan fingerprint density at radius 1 is 1.50 bits per heavy atom. The molecule has 0 spiro atoms. The second kappa shape index (κ2) is 6.37. The van der Waals surface area contributed by atoms with Gasteiger partial charge in [-0.15, -0.1) is 0 Å². The Labute approximate surface area is 104 Å². The molecule has 0 aliphatic rings.